The molecule has 3 aromatic rings. The van der Waals surface area contributed by atoms with Crippen LogP contribution in [0, 0.1) is 0 Å². The molecule has 0 saturated heterocycles. The monoisotopic (exact) mass is 374 g/mol. The SMILES string of the molecule is COc1cc2c(cc1OC)CCN(Cc1cccc(-c3cccnc3)c1)CC2. The molecule has 0 N–H and O–H groups in total. The fourth-order valence-corrected chi connectivity index (χ4v) is 3.90. The Balaban J connectivity index is 1.49. The predicted molar refractivity (Wildman–Crippen MR) is 112 cm³/mol. The second kappa shape index (κ2) is 8.44. The third kappa shape index (κ3) is 4.02. The van der Waals surface area contributed by atoms with Crippen LogP contribution in [0.3, 0.4) is 0 Å². The van der Waals surface area contributed by atoms with Crippen molar-refractivity contribution in [3.05, 3.63) is 77.6 Å². The maximum atomic E-state index is 5.48. The molecule has 2 aromatic carbocycles. The minimum absolute atomic E-state index is 0.818. The molecule has 1 aliphatic rings. The molecule has 0 unspecified atom stereocenters. The molecule has 1 aromatic heterocycles. The molecule has 0 saturated carbocycles. The van der Waals surface area contributed by atoms with Crippen LogP contribution < -0.4 is 9.47 Å². The molecule has 4 rings (SSSR count). The largest absolute Gasteiger partial charge is 0.493 e. The molecule has 0 atom stereocenters. The van der Waals surface area contributed by atoms with Gasteiger partial charge in [-0.25, -0.2) is 0 Å². The first-order valence-corrected chi connectivity index (χ1v) is 9.72. The molecule has 0 fully saturated rings. The number of methoxy groups -OCH3 is 2. The summed E-state index contributed by atoms with van der Waals surface area (Å²) in [6, 6.07) is 17.1. The van der Waals surface area contributed by atoms with Crippen LogP contribution in [0.15, 0.2) is 60.9 Å². The number of hydrogen-bond acceptors (Lipinski definition) is 4. The molecule has 0 spiro atoms. The Labute approximate surface area is 166 Å². The Morgan fingerprint density at radius 3 is 2.14 bits per heavy atom. The van der Waals surface area contributed by atoms with Crippen molar-refractivity contribution in [1.82, 2.24) is 9.88 Å². The highest BCUT2D eigenvalue weighted by atomic mass is 16.5. The zero-order chi connectivity index (χ0) is 19.3. The maximum absolute atomic E-state index is 5.48. The van der Waals surface area contributed by atoms with E-state index in [1.165, 1.54) is 22.3 Å². The zero-order valence-electron chi connectivity index (χ0n) is 16.5. The second-order valence-electron chi connectivity index (χ2n) is 7.19. The van der Waals surface area contributed by atoms with E-state index in [1.807, 2.05) is 18.5 Å². The Kier molecular flexibility index (Phi) is 5.58. The van der Waals surface area contributed by atoms with Crippen molar-refractivity contribution in [3.8, 4) is 22.6 Å². The first-order chi connectivity index (χ1) is 13.8. The van der Waals surface area contributed by atoms with E-state index in [1.54, 1.807) is 14.2 Å². The Hall–Kier alpha value is -2.85. The molecule has 4 heteroatoms. The van der Waals surface area contributed by atoms with E-state index in [-0.39, 0.29) is 0 Å². The molecular formula is C24H26N2O2. The number of hydrogen-bond donors (Lipinski definition) is 0. The smallest absolute Gasteiger partial charge is 0.161 e. The predicted octanol–water partition coefficient (Wildman–Crippen LogP) is 4.37. The highest BCUT2D eigenvalue weighted by Crippen LogP contribution is 2.32. The van der Waals surface area contributed by atoms with Gasteiger partial charge in [-0.05, 0) is 64.9 Å². The lowest BCUT2D eigenvalue weighted by atomic mass is 10.0. The summed E-state index contributed by atoms with van der Waals surface area (Å²) in [6.07, 6.45) is 5.78. The Morgan fingerprint density at radius 2 is 1.54 bits per heavy atom. The lowest BCUT2D eigenvalue weighted by molar-refractivity contribution is 0.279. The van der Waals surface area contributed by atoms with Gasteiger partial charge in [0.2, 0.25) is 0 Å². The van der Waals surface area contributed by atoms with Crippen molar-refractivity contribution in [1.29, 1.82) is 0 Å². The average molecular weight is 374 g/mol. The van der Waals surface area contributed by atoms with Crippen LogP contribution >= 0.6 is 0 Å². The summed E-state index contributed by atoms with van der Waals surface area (Å²) >= 11 is 0. The summed E-state index contributed by atoms with van der Waals surface area (Å²) in [5.74, 6) is 1.64. The summed E-state index contributed by atoms with van der Waals surface area (Å²) in [5.41, 5.74) is 6.45. The van der Waals surface area contributed by atoms with E-state index in [9.17, 15) is 0 Å². The Morgan fingerprint density at radius 1 is 0.857 bits per heavy atom. The van der Waals surface area contributed by atoms with Gasteiger partial charge in [0.1, 0.15) is 0 Å². The molecule has 0 radical (unpaired) electrons. The van der Waals surface area contributed by atoms with Gasteiger partial charge in [0.15, 0.2) is 11.5 Å². The molecule has 28 heavy (non-hydrogen) atoms. The molecule has 1 aliphatic heterocycles. The van der Waals surface area contributed by atoms with E-state index in [2.05, 4.69) is 52.3 Å². The number of fused-ring (bicyclic) bond motifs is 1. The van der Waals surface area contributed by atoms with E-state index in [0.717, 1.165) is 49.5 Å². The first kappa shape index (κ1) is 18.5. The molecule has 144 valence electrons. The minimum Gasteiger partial charge on any atom is -0.493 e. The molecular weight excluding hydrogens is 348 g/mol. The highest BCUT2D eigenvalue weighted by molar-refractivity contribution is 5.62. The van der Waals surface area contributed by atoms with Crippen LogP contribution in [-0.2, 0) is 19.4 Å². The van der Waals surface area contributed by atoms with Gasteiger partial charge >= 0.3 is 0 Å². The summed E-state index contributed by atoms with van der Waals surface area (Å²) in [7, 11) is 3.39. The fraction of sp³-hybridized carbons (Fsp3) is 0.292. The van der Waals surface area contributed by atoms with Crippen molar-refractivity contribution in [2.24, 2.45) is 0 Å². The number of aromatic nitrogens is 1. The maximum Gasteiger partial charge on any atom is 0.161 e. The van der Waals surface area contributed by atoms with Crippen molar-refractivity contribution in [2.45, 2.75) is 19.4 Å². The number of ether oxygens (including phenoxy) is 2. The number of nitrogens with zero attached hydrogens (tertiary/aromatic N) is 2. The van der Waals surface area contributed by atoms with E-state index >= 15 is 0 Å². The molecule has 0 amide bonds. The second-order valence-corrected chi connectivity index (χ2v) is 7.19. The van der Waals surface area contributed by atoms with Gasteiger partial charge in [0.05, 0.1) is 14.2 Å². The van der Waals surface area contributed by atoms with Crippen LogP contribution in [-0.4, -0.2) is 37.2 Å². The van der Waals surface area contributed by atoms with Crippen LogP contribution in [0.25, 0.3) is 11.1 Å². The molecule has 0 bridgehead atoms. The van der Waals surface area contributed by atoms with Crippen molar-refractivity contribution in [3.63, 3.8) is 0 Å². The average Bonchev–Trinajstić information content (AvgIpc) is 2.95. The van der Waals surface area contributed by atoms with Crippen LogP contribution in [0.2, 0.25) is 0 Å². The third-order valence-corrected chi connectivity index (χ3v) is 5.43. The third-order valence-electron chi connectivity index (χ3n) is 5.43. The summed E-state index contributed by atoms with van der Waals surface area (Å²) in [4.78, 5) is 6.77. The van der Waals surface area contributed by atoms with Gasteiger partial charge in [0.25, 0.3) is 0 Å². The number of rotatable bonds is 5. The topological polar surface area (TPSA) is 34.6 Å². The van der Waals surface area contributed by atoms with Gasteiger partial charge in [-0.1, -0.05) is 24.3 Å². The zero-order valence-corrected chi connectivity index (χ0v) is 16.5. The number of pyridine rings is 1. The van der Waals surface area contributed by atoms with Crippen LogP contribution in [0.4, 0.5) is 0 Å². The van der Waals surface area contributed by atoms with Crippen molar-refractivity contribution >= 4 is 0 Å². The standard InChI is InChI=1S/C24H26N2O2/c1-27-23-14-20-8-11-26(12-9-21(20)15-24(23)28-2)17-18-5-3-6-19(13-18)22-7-4-10-25-16-22/h3-7,10,13-16H,8-9,11-12,17H2,1-2H3. The van der Waals surface area contributed by atoms with Crippen molar-refractivity contribution < 1.29 is 9.47 Å². The van der Waals surface area contributed by atoms with E-state index in [0.29, 0.717) is 0 Å². The number of benzene rings is 2. The summed E-state index contributed by atoms with van der Waals surface area (Å²) in [6.45, 7) is 3.04. The molecule has 2 heterocycles. The summed E-state index contributed by atoms with van der Waals surface area (Å²) in [5, 5.41) is 0. The first-order valence-electron chi connectivity index (χ1n) is 9.72. The van der Waals surface area contributed by atoms with Gasteiger partial charge in [-0.2, -0.15) is 0 Å². The lowest BCUT2D eigenvalue weighted by Crippen LogP contribution is -2.25. The Bertz CT molecular complexity index is 906. The van der Waals surface area contributed by atoms with Crippen LogP contribution in [0.5, 0.6) is 11.5 Å². The van der Waals surface area contributed by atoms with Gasteiger partial charge in [-0.15, -0.1) is 0 Å². The fourth-order valence-electron chi connectivity index (χ4n) is 3.90. The minimum atomic E-state index is 0.818. The van der Waals surface area contributed by atoms with Gasteiger partial charge in [0, 0.05) is 32.0 Å². The van der Waals surface area contributed by atoms with Crippen molar-refractivity contribution in [2.75, 3.05) is 27.3 Å². The van der Waals surface area contributed by atoms with Gasteiger partial charge < -0.3 is 9.47 Å². The quantitative estimate of drug-likeness (QED) is 0.664. The van der Waals surface area contributed by atoms with Crippen LogP contribution in [0.1, 0.15) is 16.7 Å². The lowest BCUT2D eigenvalue weighted by Gasteiger charge is -2.20. The van der Waals surface area contributed by atoms with E-state index < -0.39 is 0 Å². The summed E-state index contributed by atoms with van der Waals surface area (Å²) < 4.78 is 11.0. The molecule has 4 nitrogen and oxygen atoms in total. The van der Waals surface area contributed by atoms with E-state index in [4.69, 9.17) is 9.47 Å². The van der Waals surface area contributed by atoms with Gasteiger partial charge in [-0.3, -0.25) is 9.88 Å². The highest BCUT2D eigenvalue weighted by Gasteiger charge is 2.17. The molecule has 0 aliphatic carbocycles. The normalized spacial score (nSPS) is 14.2.